The first-order chi connectivity index (χ1) is 9.72. The molecule has 0 aliphatic heterocycles. The van der Waals surface area contributed by atoms with Crippen LogP contribution in [0.15, 0.2) is 12.1 Å². The van der Waals surface area contributed by atoms with Crippen LogP contribution in [0.2, 0.25) is 5.02 Å². The predicted octanol–water partition coefficient (Wildman–Crippen LogP) is 2.27. The Bertz CT molecular complexity index is 372. The number of benzene rings is 1. The lowest BCUT2D eigenvalue weighted by molar-refractivity contribution is 0.0793. The average molecular weight is 305 g/mol. The van der Waals surface area contributed by atoms with Gasteiger partial charge >= 0.3 is 0 Å². The second-order valence-corrected chi connectivity index (χ2v) is 4.50. The van der Waals surface area contributed by atoms with Crippen molar-refractivity contribution in [2.24, 2.45) is 0 Å². The van der Waals surface area contributed by atoms with Crippen LogP contribution in [0.3, 0.4) is 0 Å². The van der Waals surface area contributed by atoms with Crippen molar-refractivity contribution in [3.05, 3.63) is 22.7 Å². The van der Waals surface area contributed by atoms with Gasteiger partial charge in [-0.2, -0.15) is 0 Å². The molecule has 0 unspecified atom stereocenters. The number of ether oxygens (including phenoxy) is 4. The number of hydrogen-bond acceptors (Lipinski definition) is 5. The fraction of sp³-hybridized carbons (Fsp3) is 0.571. The highest BCUT2D eigenvalue weighted by molar-refractivity contribution is 6.30. The molecule has 114 valence electrons. The number of rotatable bonds is 10. The third-order valence-electron chi connectivity index (χ3n) is 2.60. The summed E-state index contributed by atoms with van der Waals surface area (Å²) in [5.74, 6) is 1.00. The first-order valence-electron chi connectivity index (χ1n) is 6.39. The van der Waals surface area contributed by atoms with Gasteiger partial charge in [-0.15, -0.1) is 0 Å². The van der Waals surface area contributed by atoms with E-state index in [1.165, 1.54) is 7.11 Å². The molecule has 1 aromatic rings. The van der Waals surface area contributed by atoms with Crippen LogP contribution in [-0.4, -0.2) is 45.8 Å². The second kappa shape index (κ2) is 9.83. The molecule has 0 heterocycles. The lowest BCUT2D eigenvalue weighted by atomic mass is 10.2. The Hall–Kier alpha value is -1.01. The van der Waals surface area contributed by atoms with Crippen LogP contribution >= 0.6 is 11.6 Å². The van der Waals surface area contributed by atoms with Crippen molar-refractivity contribution in [3.63, 3.8) is 0 Å². The van der Waals surface area contributed by atoms with Crippen LogP contribution in [0, 0.1) is 0 Å². The van der Waals surface area contributed by atoms with Crippen LogP contribution in [0.4, 0.5) is 0 Å². The molecule has 1 N–H and O–H groups in total. The Morgan fingerprint density at radius 2 is 1.90 bits per heavy atom. The van der Waals surface area contributed by atoms with E-state index >= 15 is 0 Å². The summed E-state index contributed by atoms with van der Waals surface area (Å²) < 4.78 is 21.1. The average Bonchev–Trinajstić information content (AvgIpc) is 2.46. The second-order valence-electron chi connectivity index (χ2n) is 4.06. The van der Waals surface area contributed by atoms with Gasteiger partial charge < -0.3 is 24.1 Å². The molecule has 0 aliphatic rings. The number of methoxy groups -OCH3 is 2. The van der Waals surface area contributed by atoms with Crippen LogP contribution in [0.25, 0.3) is 0 Å². The van der Waals surface area contributed by atoms with E-state index in [1.54, 1.807) is 19.2 Å². The van der Waals surface area contributed by atoms with Gasteiger partial charge in [0.15, 0.2) is 11.5 Å². The van der Waals surface area contributed by atoms with E-state index in [2.05, 4.69) is 0 Å². The standard InChI is InChI=1S/C14H21ClO5/c1-17-4-3-5-19-6-7-20-14-11(10-16)8-12(15)9-13(14)18-2/h8-9,16H,3-7,10H2,1-2H3. The molecule has 0 saturated heterocycles. The van der Waals surface area contributed by atoms with Crippen LogP contribution in [-0.2, 0) is 16.1 Å². The highest BCUT2D eigenvalue weighted by Crippen LogP contribution is 2.34. The largest absolute Gasteiger partial charge is 0.493 e. The van der Waals surface area contributed by atoms with Crippen molar-refractivity contribution in [1.82, 2.24) is 0 Å². The zero-order chi connectivity index (χ0) is 14.8. The SMILES string of the molecule is COCCCOCCOc1c(CO)cc(Cl)cc1OC. The maximum absolute atomic E-state index is 9.32. The quantitative estimate of drug-likeness (QED) is 0.672. The first-order valence-corrected chi connectivity index (χ1v) is 6.77. The topological polar surface area (TPSA) is 57.2 Å². The molecular weight excluding hydrogens is 284 g/mol. The molecule has 1 aromatic carbocycles. The van der Waals surface area contributed by atoms with Crippen molar-refractivity contribution in [1.29, 1.82) is 0 Å². The molecule has 0 bridgehead atoms. The zero-order valence-corrected chi connectivity index (χ0v) is 12.6. The summed E-state index contributed by atoms with van der Waals surface area (Å²) in [6, 6.07) is 3.30. The Kier molecular flexibility index (Phi) is 8.37. The smallest absolute Gasteiger partial charge is 0.166 e. The summed E-state index contributed by atoms with van der Waals surface area (Å²) in [5.41, 5.74) is 0.591. The minimum atomic E-state index is -0.166. The zero-order valence-electron chi connectivity index (χ0n) is 11.9. The van der Waals surface area contributed by atoms with E-state index in [1.807, 2.05) is 0 Å². The Morgan fingerprint density at radius 1 is 1.10 bits per heavy atom. The van der Waals surface area contributed by atoms with Gasteiger partial charge in [0.05, 0.1) is 20.3 Å². The monoisotopic (exact) mass is 304 g/mol. The van der Waals surface area contributed by atoms with Crippen LogP contribution < -0.4 is 9.47 Å². The maximum Gasteiger partial charge on any atom is 0.166 e. The summed E-state index contributed by atoms with van der Waals surface area (Å²) in [6.07, 6.45) is 0.850. The van der Waals surface area contributed by atoms with E-state index in [0.717, 1.165) is 6.42 Å². The number of hydrogen-bond donors (Lipinski definition) is 1. The summed E-state index contributed by atoms with van der Waals surface area (Å²) in [4.78, 5) is 0. The third-order valence-corrected chi connectivity index (χ3v) is 2.82. The normalized spacial score (nSPS) is 10.6. The van der Waals surface area contributed by atoms with Crippen LogP contribution in [0.1, 0.15) is 12.0 Å². The van der Waals surface area contributed by atoms with E-state index in [9.17, 15) is 5.11 Å². The van der Waals surface area contributed by atoms with Crippen molar-refractivity contribution in [2.75, 3.05) is 40.6 Å². The maximum atomic E-state index is 9.32. The van der Waals surface area contributed by atoms with Gasteiger partial charge in [-0.3, -0.25) is 0 Å². The molecule has 0 saturated carbocycles. The van der Waals surface area contributed by atoms with Crippen molar-refractivity contribution >= 4 is 11.6 Å². The molecular formula is C14H21ClO5. The number of aliphatic hydroxyl groups is 1. The first kappa shape index (κ1) is 17.0. The molecule has 0 radical (unpaired) electrons. The van der Waals surface area contributed by atoms with Gasteiger partial charge in [0.1, 0.15) is 6.61 Å². The van der Waals surface area contributed by atoms with Gasteiger partial charge in [0.25, 0.3) is 0 Å². The molecule has 0 aromatic heterocycles. The molecule has 5 nitrogen and oxygen atoms in total. The molecule has 1 rings (SSSR count). The number of halogens is 1. The van der Waals surface area contributed by atoms with E-state index in [4.69, 9.17) is 30.5 Å². The van der Waals surface area contributed by atoms with Gasteiger partial charge in [-0.05, 0) is 12.5 Å². The molecule has 20 heavy (non-hydrogen) atoms. The minimum absolute atomic E-state index is 0.166. The number of aliphatic hydroxyl groups excluding tert-OH is 1. The lowest BCUT2D eigenvalue weighted by Crippen LogP contribution is -2.10. The fourth-order valence-corrected chi connectivity index (χ4v) is 1.90. The molecule has 0 amide bonds. The summed E-state index contributed by atoms with van der Waals surface area (Å²) >= 11 is 5.93. The summed E-state index contributed by atoms with van der Waals surface area (Å²) in [6.45, 7) is 1.97. The van der Waals surface area contributed by atoms with Gasteiger partial charge in [-0.25, -0.2) is 0 Å². The molecule has 0 fully saturated rings. The summed E-state index contributed by atoms with van der Waals surface area (Å²) in [7, 11) is 3.19. The molecule has 0 spiro atoms. The Balaban J connectivity index is 2.46. The van der Waals surface area contributed by atoms with Gasteiger partial charge in [0.2, 0.25) is 0 Å². The van der Waals surface area contributed by atoms with Crippen molar-refractivity contribution < 1.29 is 24.1 Å². The molecule has 0 aliphatic carbocycles. The minimum Gasteiger partial charge on any atom is -0.493 e. The van der Waals surface area contributed by atoms with E-state index in [0.29, 0.717) is 48.5 Å². The highest BCUT2D eigenvalue weighted by atomic mass is 35.5. The van der Waals surface area contributed by atoms with Crippen LogP contribution in [0.5, 0.6) is 11.5 Å². The van der Waals surface area contributed by atoms with Crippen molar-refractivity contribution in [3.8, 4) is 11.5 Å². The van der Waals surface area contributed by atoms with Gasteiger partial charge in [-0.1, -0.05) is 11.6 Å². The third kappa shape index (κ3) is 5.54. The molecule has 6 heteroatoms. The summed E-state index contributed by atoms with van der Waals surface area (Å²) in [5, 5.41) is 9.82. The van der Waals surface area contributed by atoms with E-state index in [-0.39, 0.29) is 6.61 Å². The lowest BCUT2D eigenvalue weighted by Gasteiger charge is -2.14. The Labute approximate surface area is 124 Å². The highest BCUT2D eigenvalue weighted by Gasteiger charge is 2.12. The fourth-order valence-electron chi connectivity index (χ4n) is 1.67. The molecule has 0 atom stereocenters. The van der Waals surface area contributed by atoms with Gasteiger partial charge in [0, 0.05) is 37.0 Å². The predicted molar refractivity (Wildman–Crippen MR) is 76.7 cm³/mol. The Morgan fingerprint density at radius 3 is 2.55 bits per heavy atom. The van der Waals surface area contributed by atoms with Crippen molar-refractivity contribution in [2.45, 2.75) is 13.0 Å². The van der Waals surface area contributed by atoms with E-state index < -0.39 is 0 Å².